The maximum absolute atomic E-state index is 12.7. The number of aromatic nitrogens is 3. The van der Waals surface area contributed by atoms with Gasteiger partial charge in [-0.05, 0) is 42.9 Å². The predicted octanol–water partition coefficient (Wildman–Crippen LogP) is 3.79. The summed E-state index contributed by atoms with van der Waals surface area (Å²) in [6, 6.07) is 10.3. The number of hydrogen-bond donors (Lipinski definition) is 0. The number of rotatable bonds is 3. The third-order valence-corrected chi connectivity index (χ3v) is 6.03. The Morgan fingerprint density at radius 1 is 1.19 bits per heavy atom. The number of carbonyl (C=O) groups excluding carboxylic acids is 1. The van der Waals surface area contributed by atoms with Crippen molar-refractivity contribution in [3.63, 3.8) is 0 Å². The lowest BCUT2D eigenvalue weighted by atomic mass is 9.92. The molecule has 0 saturated carbocycles. The van der Waals surface area contributed by atoms with Crippen LogP contribution in [0.2, 0.25) is 0 Å². The summed E-state index contributed by atoms with van der Waals surface area (Å²) in [6.07, 6.45) is 1.21. The maximum Gasteiger partial charge on any atom is 0.233 e. The topological polar surface area (TPSA) is 50.5 Å². The predicted molar refractivity (Wildman–Crippen MR) is 105 cm³/mol. The zero-order valence-electron chi connectivity index (χ0n) is 15.5. The molecule has 0 spiro atoms. The van der Waals surface area contributed by atoms with Crippen molar-refractivity contribution in [1.29, 1.82) is 0 Å². The van der Waals surface area contributed by atoms with Crippen LogP contribution in [0.4, 0.5) is 0 Å². The molecule has 3 heterocycles. The number of aryl methyl sites for hydroxylation is 1. The molecule has 1 amide bonds. The summed E-state index contributed by atoms with van der Waals surface area (Å²) in [5, 5.41) is 10.6. The summed E-state index contributed by atoms with van der Waals surface area (Å²) in [5.74, 6) is 1.76. The molecule has 5 nitrogen and oxygen atoms in total. The van der Waals surface area contributed by atoms with Crippen molar-refractivity contribution in [3.05, 3.63) is 35.9 Å². The molecule has 1 saturated heterocycles. The van der Waals surface area contributed by atoms with Gasteiger partial charge in [0.25, 0.3) is 0 Å². The molecular weight excluding hydrogens is 344 g/mol. The highest BCUT2D eigenvalue weighted by atomic mass is 32.2. The second kappa shape index (κ2) is 6.91. The number of pyridine rings is 1. The monoisotopic (exact) mass is 368 g/mol. The number of hydrogen-bond acceptors (Lipinski definition) is 4. The van der Waals surface area contributed by atoms with Crippen LogP contribution in [0, 0.1) is 18.8 Å². The third kappa shape index (κ3) is 3.18. The van der Waals surface area contributed by atoms with Crippen molar-refractivity contribution >= 4 is 34.2 Å². The SMILES string of the molecule is Cc1cc2nnc(SCC(=O)N3CC(C)CC(C)C3)n2c2ccccc12. The summed E-state index contributed by atoms with van der Waals surface area (Å²) < 4.78 is 2.06. The van der Waals surface area contributed by atoms with Gasteiger partial charge >= 0.3 is 0 Å². The Hall–Kier alpha value is -2.08. The lowest BCUT2D eigenvalue weighted by Gasteiger charge is -2.34. The van der Waals surface area contributed by atoms with Gasteiger partial charge in [-0.15, -0.1) is 10.2 Å². The van der Waals surface area contributed by atoms with Crippen molar-refractivity contribution in [2.24, 2.45) is 11.8 Å². The first-order valence-corrected chi connectivity index (χ1v) is 10.2. The number of nitrogens with zero attached hydrogens (tertiary/aromatic N) is 4. The van der Waals surface area contributed by atoms with E-state index in [1.807, 2.05) is 17.0 Å². The van der Waals surface area contributed by atoms with Crippen molar-refractivity contribution in [2.45, 2.75) is 32.3 Å². The summed E-state index contributed by atoms with van der Waals surface area (Å²) in [4.78, 5) is 14.7. The van der Waals surface area contributed by atoms with E-state index in [0.29, 0.717) is 17.6 Å². The molecule has 136 valence electrons. The van der Waals surface area contributed by atoms with Gasteiger partial charge in [-0.1, -0.05) is 43.8 Å². The number of thioether (sulfide) groups is 1. The van der Waals surface area contributed by atoms with Crippen LogP contribution >= 0.6 is 11.8 Å². The van der Waals surface area contributed by atoms with Crippen LogP contribution in [-0.2, 0) is 4.79 Å². The summed E-state index contributed by atoms with van der Waals surface area (Å²) in [5.41, 5.74) is 3.10. The largest absolute Gasteiger partial charge is 0.341 e. The zero-order valence-corrected chi connectivity index (χ0v) is 16.3. The van der Waals surface area contributed by atoms with Gasteiger partial charge in [0.15, 0.2) is 10.8 Å². The molecule has 26 heavy (non-hydrogen) atoms. The van der Waals surface area contributed by atoms with Crippen LogP contribution in [0.1, 0.15) is 25.8 Å². The molecule has 1 aliphatic rings. The molecule has 1 fully saturated rings. The maximum atomic E-state index is 12.7. The van der Waals surface area contributed by atoms with E-state index in [-0.39, 0.29) is 5.91 Å². The van der Waals surface area contributed by atoms with Gasteiger partial charge in [-0.2, -0.15) is 0 Å². The molecule has 1 aromatic carbocycles. The molecule has 6 heteroatoms. The van der Waals surface area contributed by atoms with Crippen molar-refractivity contribution in [2.75, 3.05) is 18.8 Å². The van der Waals surface area contributed by atoms with Crippen LogP contribution in [0.5, 0.6) is 0 Å². The summed E-state index contributed by atoms with van der Waals surface area (Å²) >= 11 is 1.48. The van der Waals surface area contributed by atoms with Crippen LogP contribution in [-0.4, -0.2) is 44.2 Å². The zero-order chi connectivity index (χ0) is 18.3. The normalized spacial score (nSPS) is 20.8. The minimum atomic E-state index is 0.196. The molecule has 0 N–H and O–H groups in total. The molecule has 0 aliphatic carbocycles. The van der Waals surface area contributed by atoms with Crippen LogP contribution in [0.15, 0.2) is 35.5 Å². The van der Waals surface area contributed by atoms with Crippen molar-refractivity contribution < 1.29 is 4.79 Å². The summed E-state index contributed by atoms with van der Waals surface area (Å²) in [7, 11) is 0. The van der Waals surface area contributed by atoms with E-state index in [1.54, 1.807) is 0 Å². The number of likely N-dealkylation sites (tertiary alicyclic amines) is 1. The van der Waals surface area contributed by atoms with E-state index in [4.69, 9.17) is 0 Å². The summed E-state index contributed by atoms with van der Waals surface area (Å²) in [6.45, 7) is 8.28. The number of fused-ring (bicyclic) bond motifs is 3. The first kappa shape index (κ1) is 17.3. The fourth-order valence-corrected chi connectivity index (χ4v) is 4.91. The standard InChI is InChI=1S/C20H24N4OS/c1-13-8-14(2)11-23(10-13)19(25)12-26-20-22-21-18-9-15(3)16-6-4-5-7-17(16)24(18)20/h4-7,9,13-14H,8,10-12H2,1-3H3. The van der Waals surface area contributed by atoms with E-state index in [0.717, 1.165) is 29.4 Å². The van der Waals surface area contributed by atoms with Crippen LogP contribution < -0.4 is 0 Å². The minimum Gasteiger partial charge on any atom is -0.341 e. The molecule has 1 aliphatic heterocycles. The van der Waals surface area contributed by atoms with Crippen LogP contribution in [0.3, 0.4) is 0 Å². The number of para-hydroxylation sites is 1. The number of benzene rings is 1. The number of amides is 1. The van der Waals surface area contributed by atoms with E-state index in [2.05, 4.69) is 53.6 Å². The molecule has 2 atom stereocenters. The van der Waals surface area contributed by atoms with Crippen LogP contribution in [0.25, 0.3) is 16.6 Å². The average molecular weight is 369 g/mol. The Balaban J connectivity index is 1.58. The third-order valence-electron chi connectivity index (χ3n) is 5.12. The fourth-order valence-electron chi connectivity index (χ4n) is 4.05. The van der Waals surface area contributed by atoms with Crippen molar-refractivity contribution in [3.8, 4) is 0 Å². The molecule has 2 unspecified atom stereocenters. The second-order valence-corrected chi connectivity index (χ2v) is 8.50. The fraction of sp³-hybridized carbons (Fsp3) is 0.450. The molecular formula is C20H24N4OS. The highest BCUT2D eigenvalue weighted by molar-refractivity contribution is 7.99. The lowest BCUT2D eigenvalue weighted by molar-refractivity contribution is -0.130. The second-order valence-electron chi connectivity index (χ2n) is 7.55. The van der Waals surface area contributed by atoms with Gasteiger partial charge in [0.1, 0.15) is 0 Å². The number of piperidine rings is 1. The minimum absolute atomic E-state index is 0.196. The lowest BCUT2D eigenvalue weighted by Crippen LogP contribution is -2.43. The Bertz CT molecular complexity index is 957. The van der Waals surface area contributed by atoms with E-state index < -0.39 is 0 Å². The molecule has 3 aromatic rings. The van der Waals surface area contributed by atoms with Gasteiger partial charge in [-0.3, -0.25) is 9.20 Å². The molecule has 2 aromatic heterocycles. The molecule has 0 bridgehead atoms. The first-order valence-electron chi connectivity index (χ1n) is 9.17. The molecule has 0 radical (unpaired) electrons. The van der Waals surface area contributed by atoms with Crippen molar-refractivity contribution in [1.82, 2.24) is 19.5 Å². The van der Waals surface area contributed by atoms with E-state index >= 15 is 0 Å². The number of carbonyl (C=O) groups is 1. The Labute approximate surface area is 157 Å². The highest BCUT2D eigenvalue weighted by Gasteiger charge is 2.25. The van der Waals surface area contributed by atoms with Gasteiger partial charge in [-0.25, -0.2) is 0 Å². The van der Waals surface area contributed by atoms with Gasteiger partial charge < -0.3 is 4.90 Å². The van der Waals surface area contributed by atoms with E-state index in [1.165, 1.54) is 29.1 Å². The Kier molecular flexibility index (Phi) is 4.61. The first-order chi connectivity index (χ1) is 12.5. The quantitative estimate of drug-likeness (QED) is 0.660. The van der Waals surface area contributed by atoms with Gasteiger partial charge in [0.2, 0.25) is 5.91 Å². The smallest absolute Gasteiger partial charge is 0.233 e. The highest BCUT2D eigenvalue weighted by Crippen LogP contribution is 2.27. The average Bonchev–Trinajstić information content (AvgIpc) is 3.02. The molecule has 4 rings (SSSR count). The van der Waals surface area contributed by atoms with Gasteiger partial charge in [0.05, 0.1) is 11.3 Å². The Morgan fingerprint density at radius 3 is 2.69 bits per heavy atom. The van der Waals surface area contributed by atoms with E-state index in [9.17, 15) is 4.79 Å². The Morgan fingerprint density at radius 2 is 1.92 bits per heavy atom. The van der Waals surface area contributed by atoms with Gasteiger partial charge in [0, 0.05) is 18.5 Å².